The van der Waals surface area contributed by atoms with Crippen LogP contribution in [0.25, 0.3) is 0 Å². The highest BCUT2D eigenvalue weighted by Gasteiger charge is 2.14. The summed E-state index contributed by atoms with van der Waals surface area (Å²) in [5.74, 6) is 2.86. The molecule has 0 aliphatic rings. The third kappa shape index (κ3) is 3.77. The predicted octanol–water partition coefficient (Wildman–Crippen LogP) is 2.40. The van der Waals surface area contributed by atoms with Crippen LogP contribution >= 0.6 is 11.8 Å². The van der Waals surface area contributed by atoms with Crippen LogP contribution in [-0.2, 0) is 0 Å². The van der Waals surface area contributed by atoms with E-state index in [1.54, 1.807) is 0 Å². The zero-order valence-electron chi connectivity index (χ0n) is 11.3. The molecule has 0 radical (unpaired) electrons. The summed E-state index contributed by atoms with van der Waals surface area (Å²) in [6, 6.07) is 0.487. The number of nitrogens with one attached hydrogen (secondary N) is 1. The number of thioether (sulfide) groups is 1. The topological polar surface area (TPSA) is 41.1 Å². The molecule has 0 aliphatic heterocycles. The van der Waals surface area contributed by atoms with E-state index in [0.29, 0.717) is 12.0 Å². The number of hydrogen-bond acceptors (Lipinski definition) is 5. The first-order chi connectivity index (χ1) is 8.10. The lowest BCUT2D eigenvalue weighted by atomic mass is 10.2. The van der Waals surface area contributed by atoms with E-state index in [2.05, 4.69) is 40.4 Å². The van der Waals surface area contributed by atoms with Crippen molar-refractivity contribution in [2.24, 2.45) is 0 Å². The summed E-state index contributed by atoms with van der Waals surface area (Å²) in [5.41, 5.74) is 1.11. The average Bonchev–Trinajstić information content (AvgIpc) is 2.35. The number of hydrogen-bond donors (Lipinski definition) is 1. The van der Waals surface area contributed by atoms with Crippen molar-refractivity contribution in [3.8, 4) is 0 Å². The van der Waals surface area contributed by atoms with Crippen molar-refractivity contribution in [2.75, 3.05) is 36.3 Å². The zero-order chi connectivity index (χ0) is 12.8. The first-order valence-electron chi connectivity index (χ1n) is 5.83. The largest absolute Gasteiger partial charge is 0.357 e. The zero-order valence-corrected chi connectivity index (χ0v) is 12.1. The van der Waals surface area contributed by atoms with Gasteiger partial charge in [-0.25, -0.2) is 4.98 Å². The molecule has 0 aromatic carbocycles. The van der Waals surface area contributed by atoms with Gasteiger partial charge < -0.3 is 10.2 Å². The molecule has 0 aliphatic carbocycles. The molecule has 0 saturated heterocycles. The van der Waals surface area contributed by atoms with Crippen LogP contribution in [0.1, 0.15) is 18.9 Å². The molecule has 1 aromatic rings. The van der Waals surface area contributed by atoms with E-state index < -0.39 is 0 Å². The Morgan fingerprint density at radius 1 is 1.53 bits per heavy atom. The minimum Gasteiger partial charge on any atom is -0.357 e. The van der Waals surface area contributed by atoms with E-state index in [0.717, 1.165) is 17.8 Å². The second-order valence-corrected chi connectivity index (χ2v) is 5.18. The number of aromatic nitrogens is 2. The Bertz CT molecular complexity index is 356. The Kier molecular flexibility index (Phi) is 5.55. The van der Waals surface area contributed by atoms with E-state index in [9.17, 15) is 0 Å². The molecule has 17 heavy (non-hydrogen) atoms. The van der Waals surface area contributed by atoms with Crippen LogP contribution in [0.3, 0.4) is 0 Å². The Labute approximate surface area is 108 Å². The van der Waals surface area contributed by atoms with Crippen LogP contribution in [0, 0.1) is 6.92 Å². The standard InChI is InChI=1S/C12H22N4S/c1-9-8-14-12(13-3)15-11(9)16(4)10(2)6-7-17-5/h8,10H,6-7H2,1-5H3,(H,13,14,15). The highest BCUT2D eigenvalue weighted by atomic mass is 32.2. The van der Waals surface area contributed by atoms with E-state index in [4.69, 9.17) is 0 Å². The maximum absolute atomic E-state index is 4.52. The molecule has 1 rings (SSSR count). The average molecular weight is 254 g/mol. The van der Waals surface area contributed by atoms with Crippen LogP contribution in [0.15, 0.2) is 6.20 Å². The lowest BCUT2D eigenvalue weighted by Crippen LogP contribution is -2.31. The van der Waals surface area contributed by atoms with E-state index >= 15 is 0 Å². The molecule has 5 heteroatoms. The fourth-order valence-corrected chi connectivity index (χ4v) is 2.18. The van der Waals surface area contributed by atoms with E-state index in [-0.39, 0.29) is 0 Å². The smallest absolute Gasteiger partial charge is 0.224 e. The van der Waals surface area contributed by atoms with Gasteiger partial charge in [0, 0.05) is 31.9 Å². The quantitative estimate of drug-likeness (QED) is 0.844. The number of nitrogens with zero attached hydrogens (tertiary/aromatic N) is 3. The molecule has 1 aromatic heterocycles. The third-order valence-electron chi connectivity index (χ3n) is 2.90. The summed E-state index contributed by atoms with van der Waals surface area (Å²) in [4.78, 5) is 11.0. The van der Waals surface area contributed by atoms with Crippen molar-refractivity contribution < 1.29 is 0 Å². The highest BCUT2D eigenvalue weighted by Crippen LogP contribution is 2.20. The molecule has 4 nitrogen and oxygen atoms in total. The fourth-order valence-electron chi connectivity index (χ4n) is 1.60. The van der Waals surface area contributed by atoms with Crippen molar-refractivity contribution in [1.82, 2.24) is 9.97 Å². The molecule has 1 atom stereocenters. The second kappa shape index (κ2) is 6.69. The maximum atomic E-state index is 4.52. The van der Waals surface area contributed by atoms with Gasteiger partial charge in [-0.1, -0.05) is 0 Å². The first kappa shape index (κ1) is 14.1. The van der Waals surface area contributed by atoms with Crippen molar-refractivity contribution in [3.05, 3.63) is 11.8 Å². The molecule has 0 spiro atoms. The molecular weight excluding hydrogens is 232 g/mol. The normalized spacial score (nSPS) is 12.3. The fraction of sp³-hybridized carbons (Fsp3) is 0.667. The second-order valence-electron chi connectivity index (χ2n) is 4.19. The molecule has 1 heterocycles. The molecule has 1 N–H and O–H groups in total. The minimum atomic E-state index is 0.487. The Hall–Kier alpha value is -0.970. The summed E-state index contributed by atoms with van der Waals surface area (Å²) in [6.07, 6.45) is 5.17. The van der Waals surface area contributed by atoms with Gasteiger partial charge in [0.2, 0.25) is 5.95 Å². The molecule has 1 unspecified atom stereocenters. The van der Waals surface area contributed by atoms with Gasteiger partial charge in [-0.2, -0.15) is 16.7 Å². The Morgan fingerprint density at radius 3 is 2.82 bits per heavy atom. The van der Waals surface area contributed by atoms with Crippen LogP contribution in [-0.4, -0.2) is 42.1 Å². The minimum absolute atomic E-state index is 0.487. The van der Waals surface area contributed by atoms with Crippen molar-refractivity contribution in [3.63, 3.8) is 0 Å². The summed E-state index contributed by atoms with van der Waals surface area (Å²) in [5, 5.41) is 2.98. The SMILES string of the molecule is CNc1ncc(C)c(N(C)C(C)CCSC)n1. The lowest BCUT2D eigenvalue weighted by Gasteiger charge is -2.27. The number of rotatable bonds is 6. The van der Waals surface area contributed by atoms with E-state index in [1.807, 2.05) is 31.9 Å². The highest BCUT2D eigenvalue weighted by molar-refractivity contribution is 7.98. The van der Waals surface area contributed by atoms with Gasteiger partial charge >= 0.3 is 0 Å². The molecule has 0 bridgehead atoms. The van der Waals surface area contributed by atoms with Gasteiger partial charge in [-0.05, 0) is 32.3 Å². The van der Waals surface area contributed by atoms with Crippen molar-refractivity contribution in [1.29, 1.82) is 0 Å². The molecule has 96 valence electrons. The van der Waals surface area contributed by atoms with Gasteiger partial charge in [0.15, 0.2) is 0 Å². The Morgan fingerprint density at radius 2 is 2.24 bits per heavy atom. The Balaban J connectivity index is 2.82. The number of aryl methyl sites for hydroxylation is 1. The molecule has 0 saturated carbocycles. The number of anilines is 2. The third-order valence-corrected chi connectivity index (χ3v) is 3.55. The van der Waals surface area contributed by atoms with Crippen LogP contribution in [0.5, 0.6) is 0 Å². The van der Waals surface area contributed by atoms with Crippen LogP contribution in [0.2, 0.25) is 0 Å². The lowest BCUT2D eigenvalue weighted by molar-refractivity contribution is 0.660. The first-order valence-corrected chi connectivity index (χ1v) is 7.22. The van der Waals surface area contributed by atoms with Crippen LogP contribution < -0.4 is 10.2 Å². The van der Waals surface area contributed by atoms with Gasteiger partial charge in [0.1, 0.15) is 5.82 Å². The molecule has 0 amide bonds. The molecular formula is C12H22N4S. The van der Waals surface area contributed by atoms with Gasteiger partial charge in [0.25, 0.3) is 0 Å². The van der Waals surface area contributed by atoms with Crippen molar-refractivity contribution >= 4 is 23.5 Å². The van der Waals surface area contributed by atoms with Gasteiger partial charge in [-0.15, -0.1) is 0 Å². The van der Waals surface area contributed by atoms with Crippen molar-refractivity contribution in [2.45, 2.75) is 26.3 Å². The summed E-state index contributed by atoms with van der Waals surface area (Å²) in [6.45, 7) is 4.28. The summed E-state index contributed by atoms with van der Waals surface area (Å²) >= 11 is 1.88. The molecule has 0 fully saturated rings. The summed E-state index contributed by atoms with van der Waals surface area (Å²) < 4.78 is 0. The maximum Gasteiger partial charge on any atom is 0.224 e. The van der Waals surface area contributed by atoms with E-state index in [1.165, 1.54) is 5.75 Å². The van der Waals surface area contributed by atoms with Crippen LogP contribution in [0.4, 0.5) is 11.8 Å². The van der Waals surface area contributed by atoms with Gasteiger partial charge in [-0.3, -0.25) is 0 Å². The summed E-state index contributed by atoms with van der Waals surface area (Å²) in [7, 11) is 3.94. The van der Waals surface area contributed by atoms with Gasteiger partial charge in [0.05, 0.1) is 0 Å². The monoisotopic (exact) mass is 254 g/mol. The predicted molar refractivity (Wildman–Crippen MR) is 77.2 cm³/mol.